The summed E-state index contributed by atoms with van der Waals surface area (Å²) in [6.07, 6.45) is 2.14. The van der Waals surface area contributed by atoms with Crippen LogP contribution < -0.4 is 5.73 Å². The number of nitrogens with two attached hydrogens (primary N) is 1. The average Bonchev–Trinajstić information content (AvgIpc) is 2.17. The van der Waals surface area contributed by atoms with E-state index < -0.39 is 12.3 Å². The van der Waals surface area contributed by atoms with Crippen molar-refractivity contribution in [3.05, 3.63) is 0 Å². The van der Waals surface area contributed by atoms with Gasteiger partial charge in [0.25, 0.3) is 0 Å². The molecule has 13 heavy (non-hydrogen) atoms. The molecule has 2 N–H and O–H groups in total. The highest BCUT2D eigenvalue weighted by Crippen LogP contribution is 2.50. The van der Waals surface area contributed by atoms with Crippen LogP contribution in [0.5, 0.6) is 0 Å². The van der Waals surface area contributed by atoms with Crippen LogP contribution >= 0.6 is 0 Å². The van der Waals surface area contributed by atoms with Crippen LogP contribution in [0.4, 0.5) is 8.78 Å². The third-order valence-corrected chi connectivity index (χ3v) is 4.02. The lowest BCUT2D eigenvalue weighted by atomic mass is 9.59. The number of fused-ring (bicyclic) bond motifs is 3. The van der Waals surface area contributed by atoms with Crippen molar-refractivity contribution in [3.8, 4) is 0 Å². The van der Waals surface area contributed by atoms with Crippen LogP contribution in [0.25, 0.3) is 0 Å². The predicted molar refractivity (Wildman–Crippen MR) is 47.5 cm³/mol. The van der Waals surface area contributed by atoms with Crippen molar-refractivity contribution in [2.45, 2.75) is 32.1 Å². The average molecular weight is 189 g/mol. The minimum atomic E-state index is -2.15. The molecule has 2 atom stereocenters. The number of halogens is 2. The van der Waals surface area contributed by atoms with Crippen LogP contribution in [0.15, 0.2) is 0 Å². The quantitative estimate of drug-likeness (QED) is 0.708. The molecule has 0 aromatic carbocycles. The van der Waals surface area contributed by atoms with E-state index in [9.17, 15) is 8.78 Å². The zero-order valence-corrected chi connectivity index (χ0v) is 7.76. The van der Waals surface area contributed by atoms with Gasteiger partial charge in [-0.15, -0.1) is 0 Å². The summed E-state index contributed by atoms with van der Waals surface area (Å²) < 4.78 is 25.5. The van der Waals surface area contributed by atoms with Gasteiger partial charge in [-0.2, -0.15) is 0 Å². The maximum absolute atomic E-state index is 12.8. The van der Waals surface area contributed by atoms with Crippen molar-refractivity contribution < 1.29 is 8.78 Å². The normalized spacial score (nSPS) is 44.3. The largest absolute Gasteiger partial charge is 0.330 e. The Hall–Kier alpha value is -0.180. The predicted octanol–water partition coefficient (Wildman–Crippen LogP) is 2.26. The number of hydrogen-bond acceptors (Lipinski definition) is 1. The molecule has 76 valence electrons. The summed E-state index contributed by atoms with van der Waals surface area (Å²) in [5, 5.41) is 0. The molecule has 0 unspecified atom stereocenters. The standard InChI is InChI=1S/C10H17F2N/c11-10(12)9-7-3-1-6(2-4-7)8(9)5-13/h6-10H,1-5,13H2/t6?,7?,8-,9-/m0/s1. The second kappa shape index (κ2) is 3.52. The Morgan fingerprint density at radius 1 is 1.08 bits per heavy atom. The lowest BCUT2D eigenvalue weighted by molar-refractivity contribution is -0.0676. The molecule has 0 heterocycles. The molecular weight excluding hydrogens is 172 g/mol. The SMILES string of the molecule is NC[C@H]1C2CCC(CC2)[C@@H]1C(F)F. The third kappa shape index (κ3) is 1.47. The smallest absolute Gasteiger partial charge is 0.242 e. The van der Waals surface area contributed by atoms with Gasteiger partial charge in [-0.1, -0.05) is 0 Å². The maximum atomic E-state index is 12.8. The molecule has 1 nitrogen and oxygen atoms in total. The number of rotatable bonds is 2. The minimum Gasteiger partial charge on any atom is -0.330 e. The van der Waals surface area contributed by atoms with E-state index in [1.165, 1.54) is 0 Å². The highest BCUT2D eigenvalue weighted by atomic mass is 19.3. The van der Waals surface area contributed by atoms with Crippen molar-refractivity contribution in [2.75, 3.05) is 6.54 Å². The Morgan fingerprint density at radius 3 is 2.00 bits per heavy atom. The topological polar surface area (TPSA) is 26.0 Å². The van der Waals surface area contributed by atoms with Gasteiger partial charge < -0.3 is 5.73 Å². The fourth-order valence-electron chi connectivity index (χ4n) is 3.36. The fourth-order valence-corrected chi connectivity index (χ4v) is 3.36. The molecule has 3 fully saturated rings. The van der Waals surface area contributed by atoms with E-state index in [0.717, 1.165) is 25.7 Å². The van der Waals surface area contributed by atoms with Crippen molar-refractivity contribution in [1.82, 2.24) is 0 Å². The van der Waals surface area contributed by atoms with Crippen molar-refractivity contribution in [1.29, 1.82) is 0 Å². The summed E-state index contributed by atoms with van der Waals surface area (Å²) >= 11 is 0. The van der Waals surface area contributed by atoms with Gasteiger partial charge in [0.15, 0.2) is 0 Å². The highest BCUT2D eigenvalue weighted by molar-refractivity contribution is 4.93. The van der Waals surface area contributed by atoms with E-state index in [4.69, 9.17) is 5.73 Å². The summed E-state index contributed by atoms with van der Waals surface area (Å²) in [6, 6.07) is 0. The lowest BCUT2D eigenvalue weighted by Gasteiger charge is -2.48. The van der Waals surface area contributed by atoms with Crippen LogP contribution in [0.1, 0.15) is 25.7 Å². The molecule has 0 saturated heterocycles. The van der Waals surface area contributed by atoms with Gasteiger partial charge in [0.2, 0.25) is 6.43 Å². The molecule has 3 saturated carbocycles. The molecule has 0 aromatic rings. The summed E-state index contributed by atoms with van der Waals surface area (Å²) in [5.74, 6) is 0.470. The first kappa shape index (κ1) is 9.38. The molecular formula is C10H17F2N. The first-order valence-electron chi connectivity index (χ1n) is 5.22. The van der Waals surface area contributed by atoms with Crippen LogP contribution in [-0.4, -0.2) is 13.0 Å². The van der Waals surface area contributed by atoms with E-state index in [2.05, 4.69) is 0 Å². The Bertz CT molecular complexity index is 176. The monoisotopic (exact) mass is 189 g/mol. The van der Waals surface area contributed by atoms with Crippen molar-refractivity contribution in [2.24, 2.45) is 29.4 Å². The molecule has 0 radical (unpaired) electrons. The van der Waals surface area contributed by atoms with Gasteiger partial charge in [-0.3, -0.25) is 0 Å². The molecule has 0 amide bonds. The van der Waals surface area contributed by atoms with Crippen LogP contribution in [0.3, 0.4) is 0 Å². The van der Waals surface area contributed by atoms with E-state index in [0.29, 0.717) is 12.5 Å². The van der Waals surface area contributed by atoms with Crippen molar-refractivity contribution >= 4 is 0 Å². The number of hydrogen-bond donors (Lipinski definition) is 1. The Morgan fingerprint density at radius 2 is 1.62 bits per heavy atom. The lowest BCUT2D eigenvalue weighted by Crippen LogP contribution is -2.46. The first-order valence-corrected chi connectivity index (χ1v) is 5.22. The molecule has 0 aliphatic heterocycles. The van der Waals surface area contributed by atoms with E-state index in [-0.39, 0.29) is 11.8 Å². The number of alkyl halides is 2. The summed E-state index contributed by atoms with van der Waals surface area (Å²) in [6.45, 7) is 0.455. The summed E-state index contributed by atoms with van der Waals surface area (Å²) in [5.41, 5.74) is 5.58. The van der Waals surface area contributed by atoms with Gasteiger partial charge in [-0.05, 0) is 50.0 Å². The van der Waals surface area contributed by atoms with Crippen molar-refractivity contribution in [3.63, 3.8) is 0 Å². The van der Waals surface area contributed by atoms with Crippen LogP contribution in [-0.2, 0) is 0 Å². The Kier molecular flexibility index (Phi) is 2.54. The molecule has 3 heteroatoms. The van der Waals surface area contributed by atoms with Gasteiger partial charge >= 0.3 is 0 Å². The highest BCUT2D eigenvalue weighted by Gasteiger charge is 2.46. The fraction of sp³-hybridized carbons (Fsp3) is 1.00. The van der Waals surface area contributed by atoms with Crippen LogP contribution in [0.2, 0.25) is 0 Å². The maximum Gasteiger partial charge on any atom is 0.242 e. The molecule has 0 spiro atoms. The molecule has 3 aliphatic carbocycles. The minimum absolute atomic E-state index is 0.104. The Balaban J connectivity index is 2.14. The van der Waals surface area contributed by atoms with Gasteiger partial charge in [-0.25, -0.2) is 8.78 Å². The third-order valence-electron chi connectivity index (χ3n) is 4.02. The van der Waals surface area contributed by atoms with Gasteiger partial charge in [0, 0.05) is 5.92 Å². The second-order valence-electron chi connectivity index (χ2n) is 4.49. The van der Waals surface area contributed by atoms with Gasteiger partial charge in [0.05, 0.1) is 0 Å². The molecule has 3 aliphatic rings. The zero-order valence-electron chi connectivity index (χ0n) is 7.76. The Labute approximate surface area is 77.7 Å². The van der Waals surface area contributed by atoms with Gasteiger partial charge in [0.1, 0.15) is 0 Å². The van der Waals surface area contributed by atoms with E-state index in [1.54, 1.807) is 0 Å². The molecule has 0 aromatic heterocycles. The molecule has 3 rings (SSSR count). The van der Waals surface area contributed by atoms with E-state index >= 15 is 0 Å². The summed E-state index contributed by atoms with van der Waals surface area (Å²) in [4.78, 5) is 0. The van der Waals surface area contributed by atoms with E-state index in [1.807, 2.05) is 0 Å². The summed E-state index contributed by atoms with van der Waals surface area (Å²) in [7, 11) is 0. The second-order valence-corrected chi connectivity index (χ2v) is 4.49. The first-order chi connectivity index (χ1) is 6.24. The zero-order chi connectivity index (χ0) is 9.42. The molecule has 2 bridgehead atoms. The van der Waals surface area contributed by atoms with Crippen LogP contribution in [0, 0.1) is 23.7 Å².